The molecule has 0 spiro atoms. The van der Waals surface area contributed by atoms with E-state index in [0.29, 0.717) is 5.69 Å². The molecule has 2 aromatic carbocycles. The summed E-state index contributed by atoms with van der Waals surface area (Å²) in [7, 11) is -3.89. The van der Waals surface area contributed by atoms with Crippen LogP contribution in [-0.4, -0.2) is 28.6 Å². The molecule has 0 aliphatic rings. The van der Waals surface area contributed by atoms with Gasteiger partial charge in [-0.25, -0.2) is 4.68 Å². The quantitative estimate of drug-likeness (QED) is 0.631. The van der Waals surface area contributed by atoms with Crippen molar-refractivity contribution in [2.45, 2.75) is 11.8 Å². The Morgan fingerprint density at radius 1 is 1.13 bits per heavy atom. The van der Waals surface area contributed by atoms with Gasteiger partial charge in [-0.05, 0) is 65.4 Å². The molecule has 0 amide bonds. The van der Waals surface area contributed by atoms with Crippen molar-refractivity contribution < 1.29 is 12.6 Å². The zero-order valence-corrected chi connectivity index (χ0v) is 14.3. The highest BCUT2D eigenvalue weighted by atomic mass is 79.9. The summed E-state index contributed by atoms with van der Waals surface area (Å²) in [6.45, 7) is 1.81. The molecule has 1 aromatic heterocycles. The number of tetrazole rings is 1. The van der Waals surface area contributed by atoms with Crippen molar-refractivity contribution in [3.05, 3.63) is 58.8 Å². The summed E-state index contributed by atoms with van der Waals surface area (Å²) in [5.74, 6) is 0.211. The van der Waals surface area contributed by atoms with Gasteiger partial charge in [-0.2, -0.15) is 8.42 Å². The van der Waals surface area contributed by atoms with Crippen molar-refractivity contribution in [2.75, 3.05) is 0 Å². The van der Waals surface area contributed by atoms with Gasteiger partial charge in [-0.3, -0.25) is 0 Å². The molecule has 0 fully saturated rings. The third-order valence-corrected chi connectivity index (χ3v) is 5.21. The van der Waals surface area contributed by atoms with Gasteiger partial charge in [0.1, 0.15) is 17.0 Å². The van der Waals surface area contributed by atoms with Gasteiger partial charge >= 0.3 is 10.1 Å². The number of benzene rings is 2. The van der Waals surface area contributed by atoms with E-state index < -0.39 is 10.1 Å². The summed E-state index contributed by atoms with van der Waals surface area (Å²) in [4.78, 5) is 0.0998. The number of rotatable bonds is 4. The van der Waals surface area contributed by atoms with E-state index in [-0.39, 0.29) is 10.6 Å². The Balaban J connectivity index is 1.84. The van der Waals surface area contributed by atoms with E-state index in [1.54, 1.807) is 36.4 Å². The van der Waals surface area contributed by atoms with Crippen LogP contribution in [0.4, 0.5) is 0 Å². The number of hydrogen-bond acceptors (Lipinski definition) is 6. The highest BCUT2D eigenvalue weighted by Crippen LogP contribution is 2.23. The maximum atomic E-state index is 12.3. The maximum absolute atomic E-state index is 12.3. The highest BCUT2D eigenvalue weighted by molar-refractivity contribution is 9.10. The third-order valence-electron chi connectivity index (χ3n) is 3.07. The lowest BCUT2D eigenvalue weighted by molar-refractivity contribution is 0.486. The van der Waals surface area contributed by atoms with Gasteiger partial charge < -0.3 is 4.18 Å². The second kappa shape index (κ2) is 6.09. The molecule has 7 nitrogen and oxygen atoms in total. The lowest BCUT2D eigenvalue weighted by Crippen LogP contribution is -2.10. The van der Waals surface area contributed by atoms with Crippen molar-refractivity contribution >= 4 is 26.0 Å². The molecule has 0 saturated heterocycles. The molecule has 1 heterocycles. The van der Waals surface area contributed by atoms with E-state index in [0.717, 1.165) is 10.0 Å². The van der Waals surface area contributed by atoms with E-state index in [2.05, 4.69) is 31.5 Å². The van der Waals surface area contributed by atoms with Crippen LogP contribution in [0.25, 0.3) is 5.69 Å². The van der Waals surface area contributed by atoms with E-state index in [9.17, 15) is 8.42 Å². The molecule has 118 valence electrons. The van der Waals surface area contributed by atoms with Crippen LogP contribution in [0, 0.1) is 6.92 Å². The van der Waals surface area contributed by atoms with Crippen LogP contribution in [0.3, 0.4) is 0 Å². The summed E-state index contributed by atoms with van der Waals surface area (Å²) in [6.07, 6.45) is 1.44. The zero-order chi connectivity index (χ0) is 16.4. The van der Waals surface area contributed by atoms with Crippen LogP contribution < -0.4 is 4.18 Å². The SMILES string of the molecule is Cc1cc(S(=O)(=O)Oc2ccc(-n3cnnn3)cc2)ccc1Br. The molecule has 23 heavy (non-hydrogen) atoms. The Labute approximate surface area is 141 Å². The Hall–Kier alpha value is -2.26. The average Bonchev–Trinajstić information content (AvgIpc) is 3.04. The standard InChI is InChI=1S/C14H11BrN4O3S/c1-10-8-13(6-7-14(10)15)23(20,21)22-12-4-2-11(3-5-12)19-9-16-17-18-19/h2-9H,1H3. The Morgan fingerprint density at radius 3 is 2.48 bits per heavy atom. The number of nitrogens with zero attached hydrogens (tertiary/aromatic N) is 4. The zero-order valence-electron chi connectivity index (χ0n) is 11.9. The van der Waals surface area contributed by atoms with Crippen LogP contribution in [0.5, 0.6) is 5.75 Å². The van der Waals surface area contributed by atoms with E-state index in [1.165, 1.54) is 17.1 Å². The van der Waals surface area contributed by atoms with Crippen LogP contribution in [0.2, 0.25) is 0 Å². The highest BCUT2D eigenvalue weighted by Gasteiger charge is 2.17. The molecule has 0 aliphatic heterocycles. The van der Waals surface area contributed by atoms with Crippen molar-refractivity contribution in [3.63, 3.8) is 0 Å². The molecule has 0 N–H and O–H groups in total. The van der Waals surface area contributed by atoms with Gasteiger partial charge in [0.2, 0.25) is 0 Å². The van der Waals surface area contributed by atoms with Gasteiger partial charge in [0.05, 0.1) is 5.69 Å². The summed E-state index contributed by atoms with van der Waals surface area (Å²) >= 11 is 3.34. The first kappa shape index (κ1) is 15.6. The lowest BCUT2D eigenvalue weighted by Gasteiger charge is -2.09. The molecule has 0 bridgehead atoms. The third kappa shape index (κ3) is 3.40. The van der Waals surface area contributed by atoms with Gasteiger partial charge in [0.15, 0.2) is 0 Å². The maximum Gasteiger partial charge on any atom is 0.339 e. The first-order valence-corrected chi connectivity index (χ1v) is 8.70. The molecular weight excluding hydrogens is 384 g/mol. The summed E-state index contributed by atoms with van der Waals surface area (Å²) in [5, 5.41) is 10.8. The van der Waals surface area contributed by atoms with Crippen LogP contribution >= 0.6 is 15.9 Å². The molecule has 9 heteroatoms. The van der Waals surface area contributed by atoms with Crippen molar-refractivity contribution in [2.24, 2.45) is 0 Å². The monoisotopic (exact) mass is 394 g/mol. The smallest absolute Gasteiger partial charge is 0.339 e. The number of halogens is 1. The fourth-order valence-corrected chi connectivity index (χ4v) is 3.14. The van der Waals surface area contributed by atoms with E-state index in [1.807, 2.05) is 6.92 Å². The molecular formula is C14H11BrN4O3S. The van der Waals surface area contributed by atoms with Crippen molar-refractivity contribution in [3.8, 4) is 11.4 Å². The van der Waals surface area contributed by atoms with Gasteiger partial charge in [0, 0.05) is 4.47 Å². The predicted molar refractivity (Wildman–Crippen MR) is 85.8 cm³/mol. The van der Waals surface area contributed by atoms with Crippen LogP contribution in [0.1, 0.15) is 5.56 Å². The first-order chi connectivity index (χ1) is 11.0. The average molecular weight is 395 g/mol. The topological polar surface area (TPSA) is 87.0 Å². The normalized spacial score (nSPS) is 11.4. The molecule has 0 aliphatic carbocycles. The number of hydrogen-bond donors (Lipinski definition) is 0. The number of aryl methyl sites for hydroxylation is 1. The van der Waals surface area contributed by atoms with E-state index in [4.69, 9.17) is 4.18 Å². The molecule has 3 aromatic rings. The molecule has 0 radical (unpaired) electrons. The molecule has 3 rings (SSSR count). The van der Waals surface area contributed by atoms with Crippen LogP contribution in [0.15, 0.2) is 58.2 Å². The Morgan fingerprint density at radius 2 is 1.87 bits per heavy atom. The first-order valence-electron chi connectivity index (χ1n) is 6.50. The van der Waals surface area contributed by atoms with Gasteiger partial charge in [-0.1, -0.05) is 15.9 Å². The number of aromatic nitrogens is 4. The minimum atomic E-state index is -3.89. The minimum Gasteiger partial charge on any atom is -0.379 e. The summed E-state index contributed by atoms with van der Waals surface area (Å²) in [5.41, 5.74) is 1.50. The minimum absolute atomic E-state index is 0.0998. The lowest BCUT2D eigenvalue weighted by atomic mass is 10.2. The van der Waals surface area contributed by atoms with Crippen LogP contribution in [-0.2, 0) is 10.1 Å². The molecule has 0 atom stereocenters. The van der Waals surface area contributed by atoms with E-state index >= 15 is 0 Å². The fourth-order valence-electron chi connectivity index (χ4n) is 1.88. The summed E-state index contributed by atoms with van der Waals surface area (Å²) in [6, 6.07) is 11.1. The largest absolute Gasteiger partial charge is 0.379 e. The molecule has 0 saturated carbocycles. The second-order valence-corrected chi connectivity index (χ2v) is 7.10. The fraction of sp³-hybridized carbons (Fsp3) is 0.0714. The van der Waals surface area contributed by atoms with Crippen molar-refractivity contribution in [1.29, 1.82) is 0 Å². The molecule has 0 unspecified atom stereocenters. The Bertz CT molecular complexity index is 925. The van der Waals surface area contributed by atoms with Gasteiger partial charge in [-0.15, -0.1) is 5.10 Å². The second-order valence-electron chi connectivity index (χ2n) is 4.70. The Kier molecular flexibility index (Phi) is 4.14. The summed E-state index contributed by atoms with van der Waals surface area (Å²) < 4.78 is 32.0. The van der Waals surface area contributed by atoms with Crippen molar-refractivity contribution in [1.82, 2.24) is 20.2 Å². The predicted octanol–water partition coefficient (Wildman–Crippen LogP) is 2.50. The van der Waals surface area contributed by atoms with Gasteiger partial charge in [0.25, 0.3) is 0 Å².